The van der Waals surface area contributed by atoms with Crippen molar-refractivity contribution in [3.05, 3.63) is 64.7 Å². The van der Waals surface area contributed by atoms with E-state index in [1.165, 1.54) is 0 Å². The Kier molecular flexibility index (Phi) is 5.84. The molecule has 0 aromatic heterocycles. The predicted molar refractivity (Wildman–Crippen MR) is 97.3 cm³/mol. The highest BCUT2D eigenvalue weighted by Crippen LogP contribution is 2.40. The van der Waals surface area contributed by atoms with E-state index >= 15 is 0 Å². The third kappa shape index (κ3) is 4.14. The van der Waals surface area contributed by atoms with Gasteiger partial charge in [0.1, 0.15) is 5.75 Å². The molecule has 2 aromatic carbocycles. The minimum Gasteiger partial charge on any atom is -0.496 e. The maximum absolute atomic E-state index is 11.9. The number of ether oxygens (including phenoxy) is 1. The SMILES string of the molecule is COc1ccccc1[C@@H](CC(C)(C)S(N)=O)c1ccccc1Cl. The molecule has 2 aromatic rings. The van der Waals surface area contributed by atoms with Crippen LogP contribution in [-0.2, 0) is 11.0 Å². The lowest BCUT2D eigenvalue weighted by Gasteiger charge is -2.29. The molecular weight excluding hydrogens is 330 g/mol. The first-order valence-corrected chi connectivity index (χ1v) is 8.99. The molecule has 2 N–H and O–H groups in total. The molecule has 3 nitrogen and oxygen atoms in total. The van der Waals surface area contributed by atoms with Gasteiger partial charge < -0.3 is 4.74 Å². The van der Waals surface area contributed by atoms with E-state index in [0.29, 0.717) is 11.4 Å². The molecule has 0 fully saturated rings. The van der Waals surface area contributed by atoms with E-state index in [0.717, 1.165) is 16.9 Å². The summed E-state index contributed by atoms with van der Waals surface area (Å²) >= 11 is 6.42. The van der Waals surface area contributed by atoms with Crippen molar-refractivity contribution in [1.82, 2.24) is 0 Å². The second kappa shape index (κ2) is 7.47. The largest absolute Gasteiger partial charge is 0.496 e. The van der Waals surface area contributed by atoms with Crippen LogP contribution < -0.4 is 9.88 Å². The molecule has 0 aliphatic rings. The lowest BCUT2D eigenvalue weighted by atomic mass is 9.83. The molecule has 2 rings (SSSR count). The Balaban J connectivity index is 2.56. The summed E-state index contributed by atoms with van der Waals surface area (Å²) in [4.78, 5) is 0. The summed E-state index contributed by atoms with van der Waals surface area (Å²) in [5, 5.41) is 6.37. The van der Waals surface area contributed by atoms with Gasteiger partial charge in [-0.3, -0.25) is 5.14 Å². The van der Waals surface area contributed by atoms with Crippen LogP contribution in [0, 0.1) is 0 Å². The Bertz CT molecular complexity index is 703. The van der Waals surface area contributed by atoms with Gasteiger partial charge >= 0.3 is 0 Å². The topological polar surface area (TPSA) is 52.3 Å². The molecule has 0 aliphatic carbocycles. The van der Waals surface area contributed by atoms with Gasteiger partial charge in [0.25, 0.3) is 0 Å². The molecule has 0 saturated carbocycles. The predicted octanol–water partition coefficient (Wildman–Crippen LogP) is 4.27. The van der Waals surface area contributed by atoms with E-state index in [9.17, 15) is 4.21 Å². The highest BCUT2D eigenvalue weighted by atomic mass is 35.5. The fourth-order valence-electron chi connectivity index (χ4n) is 2.67. The summed E-state index contributed by atoms with van der Waals surface area (Å²) in [6, 6.07) is 15.5. The summed E-state index contributed by atoms with van der Waals surface area (Å²) in [5.74, 6) is 0.735. The molecule has 0 bridgehead atoms. The van der Waals surface area contributed by atoms with Crippen molar-refractivity contribution in [1.29, 1.82) is 0 Å². The van der Waals surface area contributed by atoms with Crippen molar-refractivity contribution in [2.45, 2.75) is 30.9 Å². The molecule has 124 valence electrons. The standard InChI is InChI=1S/C18H22ClNO2S/c1-18(2,23(20)21)12-15(13-8-4-6-10-16(13)19)14-9-5-7-11-17(14)22-3/h4-11,15H,12,20H2,1-3H3/t15-,23?/m0/s1. The molecule has 5 heteroatoms. The number of para-hydroxylation sites is 1. The van der Waals surface area contributed by atoms with Gasteiger partial charge in [0, 0.05) is 16.5 Å². The normalized spacial score (nSPS) is 14.3. The van der Waals surface area contributed by atoms with Gasteiger partial charge in [-0.15, -0.1) is 0 Å². The summed E-state index contributed by atoms with van der Waals surface area (Å²) < 4.78 is 16.9. The Hall–Kier alpha value is -1.36. The second-order valence-electron chi connectivity index (χ2n) is 6.08. The van der Waals surface area contributed by atoms with Gasteiger partial charge in [0.2, 0.25) is 0 Å². The van der Waals surface area contributed by atoms with E-state index < -0.39 is 15.7 Å². The third-order valence-corrected chi connectivity index (χ3v) is 5.64. The first-order chi connectivity index (χ1) is 10.9. The van der Waals surface area contributed by atoms with E-state index in [1.807, 2.05) is 62.4 Å². The Morgan fingerprint density at radius 1 is 1.13 bits per heavy atom. The number of hydrogen-bond donors (Lipinski definition) is 1. The van der Waals surface area contributed by atoms with Crippen molar-refractivity contribution in [3.63, 3.8) is 0 Å². The zero-order valence-electron chi connectivity index (χ0n) is 13.6. The van der Waals surface area contributed by atoms with Gasteiger partial charge in [0.05, 0.1) is 22.8 Å². The Morgan fingerprint density at radius 2 is 1.70 bits per heavy atom. The first kappa shape index (κ1) is 18.0. The highest BCUT2D eigenvalue weighted by molar-refractivity contribution is 7.84. The van der Waals surface area contributed by atoms with Crippen LogP contribution in [0.5, 0.6) is 5.75 Å². The van der Waals surface area contributed by atoms with Crippen LogP contribution in [0.4, 0.5) is 0 Å². The van der Waals surface area contributed by atoms with Crippen LogP contribution in [0.2, 0.25) is 5.02 Å². The van der Waals surface area contributed by atoms with E-state index in [2.05, 4.69) is 0 Å². The number of halogens is 1. The number of methoxy groups -OCH3 is 1. The van der Waals surface area contributed by atoms with Crippen molar-refractivity contribution in [2.24, 2.45) is 5.14 Å². The van der Waals surface area contributed by atoms with E-state index in [1.54, 1.807) is 7.11 Å². The average molecular weight is 352 g/mol. The van der Waals surface area contributed by atoms with Crippen molar-refractivity contribution < 1.29 is 8.95 Å². The van der Waals surface area contributed by atoms with Gasteiger partial charge in [-0.25, -0.2) is 4.21 Å². The van der Waals surface area contributed by atoms with Crippen LogP contribution in [0.15, 0.2) is 48.5 Å². The van der Waals surface area contributed by atoms with Crippen LogP contribution in [0.25, 0.3) is 0 Å². The highest BCUT2D eigenvalue weighted by Gasteiger charge is 2.31. The zero-order chi connectivity index (χ0) is 17.0. The lowest BCUT2D eigenvalue weighted by Crippen LogP contribution is -2.34. The van der Waals surface area contributed by atoms with E-state index in [4.69, 9.17) is 21.5 Å². The zero-order valence-corrected chi connectivity index (χ0v) is 15.2. The summed E-state index contributed by atoms with van der Waals surface area (Å²) in [6.07, 6.45) is 0.597. The number of hydrogen-bond acceptors (Lipinski definition) is 2. The minimum absolute atomic E-state index is 0.0534. The minimum atomic E-state index is -1.44. The lowest BCUT2D eigenvalue weighted by molar-refractivity contribution is 0.404. The maximum Gasteiger partial charge on any atom is 0.122 e. The number of nitrogens with two attached hydrogens (primary N) is 1. The Morgan fingerprint density at radius 3 is 2.26 bits per heavy atom. The number of rotatable bonds is 6. The van der Waals surface area contributed by atoms with Crippen LogP contribution in [0.3, 0.4) is 0 Å². The molecule has 23 heavy (non-hydrogen) atoms. The van der Waals surface area contributed by atoms with Crippen molar-refractivity contribution >= 4 is 22.6 Å². The van der Waals surface area contributed by atoms with Crippen LogP contribution in [-0.4, -0.2) is 16.1 Å². The molecule has 1 unspecified atom stereocenters. The molecule has 0 heterocycles. The summed E-state index contributed by atoms with van der Waals surface area (Å²) in [5.41, 5.74) is 2.00. The molecule has 0 radical (unpaired) electrons. The maximum atomic E-state index is 11.9. The molecule has 2 atom stereocenters. The fraction of sp³-hybridized carbons (Fsp3) is 0.333. The fourth-order valence-corrected chi connectivity index (χ4v) is 3.27. The van der Waals surface area contributed by atoms with Crippen LogP contribution in [0.1, 0.15) is 37.3 Å². The first-order valence-electron chi connectivity index (χ1n) is 7.40. The third-order valence-electron chi connectivity index (χ3n) is 4.04. The van der Waals surface area contributed by atoms with E-state index in [-0.39, 0.29) is 5.92 Å². The monoisotopic (exact) mass is 351 g/mol. The molecule has 0 saturated heterocycles. The smallest absolute Gasteiger partial charge is 0.122 e. The summed E-state index contributed by atoms with van der Waals surface area (Å²) in [7, 11) is 0.204. The molecular formula is C18H22ClNO2S. The van der Waals surface area contributed by atoms with Gasteiger partial charge in [0.15, 0.2) is 0 Å². The van der Waals surface area contributed by atoms with Gasteiger partial charge in [-0.05, 0) is 38.0 Å². The molecule has 0 amide bonds. The Labute approximate surface area is 145 Å². The summed E-state index contributed by atoms with van der Waals surface area (Å²) in [6.45, 7) is 3.81. The van der Waals surface area contributed by atoms with Crippen molar-refractivity contribution in [2.75, 3.05) is 7.11 Å². The molecule has 0 spiro atoms. The van der Waals surface area contributed by atoms with Crippen molar-refractivity contribution in [3.8, 4) is 5.75 Å². The number of benzene rings is 2. The van der Waals surface area contributed by atoms with Crippen LogP contribution >= 0.6 is 11.6 Å². The second-order valence-corrected chi connectivity index (χ2v) is 8.18. The van der Waals surface area contributed by atoms with Gasteiger partial charge in [-0.1, -0.05) is 48.0 Å². The average Bonchev–Trinajstić information content (AvgIpc) is 2.53. The van der Waals surface area contributed by atoms with Gasteiger partial charge in [-0.2, -0.15) is 0 Å². The molecule has 0 aliphatic heterocycles. The quantitative estimate of drug-likeness (QED) is 0.844.